The van der Waals surface area contributed by atoms with Gasteiger partial charge in [0.25, 0.3) is 5.56 Å². The molecular weight excluding hydrogens is 254 g/mol. The normalized spacial score (nSPS) is 11.1. The van der Waals surface area contributed by atoms with E-state index >= 15 is 0 Å². The largest absolute Gasteiger partial charge is 0.396 e. The predicted octanol–water partition coefficient (Wildman–Crippen LogP) is 2.18. The topological polar surface area (TPSA) is 42.2 Å². The Morgan fingerprint density at radius 3 is 2.88 bits per heavy atom. The molecule has 92 valence electrons. The summed E-state index contributed by atoms with van der Waals surface area (Å²) >= 11 is 3.31. The van der Waals surface area contributed by atoms with Gasteiger partial charge in [-0.05, 0) is 24.3 Å². The van der Waals surface area contributed by atoms with Gasteiger partial charge in [-0.15, -0.1) is 0 Å². The van der Waals surface area contributed by atoms with Gasteiger partial charge in [-0.2, -0.15) is 11.8 Å². The average Bonchev–Trinajstić information content (AvgIpc) is 2.67. The van der Waals surface area contributed by atoms with Gasteiger partial charge in [0.1, 0.15) is 0 Å². The highest BCUT2D eigenvalue weighted by Gasteiger charge is 2.05. The molecule has 0 saturated carbocycles. The van der Waals surface area contributed by atoms with Gasteiger partial charge in [0, 0.05) is 18.9 Å². The quantitative estimate of drug-likeness (QED) is 0.817. The maximum absolute atomic E-state index is 12.0. The van der Waals surface area contributed by atoms with Crippen LogP contribution in [-0.4, -0.2) is 27.2 Å². The first kappa shape index (κ1) is 12.7. The molecule has 0 aliphatic heterocycles. The van der Waals surface area contributed by atoms with Crippen LogP contribution in [0.4, 0.5) is 0 Å². The Hall–Kier alpha value is -0.780. The standard InChI is InChI=1S/C12H15NO2S2/c14-7-3-8-16-9-6-13-12(15)10-4-1-2-5-11(10)17-13/h1-2,4-5,14H,3,6-9H2. The van der Waals surface area contributed by atoms with Crippen molar-refractivity contribution in [3.8, 4) is 0 Å². The second-order valence-corrected chi connectivity index (χ2v) is 5.97. The van der Waals surface area contributed by atoms with Crippen LogP contribution in [0.2, 0.25) is 0 Å². The van der Waals surface area contributed by atoms with Crippen LogP contribution in [-0.2, 0) is 6.54 Å². The van der Waals surface area contributed by atoms with E-state index in [0.717, 1.165) is 34.6 Å². The molecule has 0 bridgehead atoms. The zero-order valence-electron chi connectivity index (χ0n) is 9.46. The van der Waals surface area contributed by atoms with Crippen molar-refractivity contribution in [2.45, 2.75) is 13.0 Å². The van der Waals surface area contributed by atoms with Crippen LogP contribution in [0.1, 0.15) is 6.42 Å². The van der Waals surface area contributed by atoms with Crippen molar-refractivity contribution in [1.82, 2.24) is 3.96 Å². The van der Waals surface area contributed by atoms with Crippen LogP contribution >= 0.6 is 23.3 Å². The number of aryl methyl sites for hydroxylation is 1. The lowest BCUT2D eigenvalue weighted by atomic mass is 10.3. The molecule has 0 aliphatic rings. The Kier molecular flexibility index (Phi) is 4.65. The van der Waals surface area contributed by atoms with Crippen molar-refractivity contribution in [1.29, 1.82) is 0 Å². The second-order valence-electron chi connectivity index (χ2n) is 3.68. The molecule has 1 N–H and O–H groups in total. The fraction of sp³-hybridized carbons (Fsp3) is 0.417. The summed E-state index contributed by atoms with van der Waals surface area (Å²) in [5.74, 6) is 1.88. The van der Waals surface area contributed by atoms with Crippen LogP contribution in [0, 0.1) is 0 Å². The summed E-state index contributed by atoms with van der Waals surface area (Å²) in [5.41, 5.74) is 0.119. The van der Waals surface area contributed by atoms with Crippen molar-refractivity contribution < 1.29 is 5.11 Å². The van der Waals surface area contributed by atoms with Crippen LogP contribution in [0.3, 0.4) is 0 Å². The zero-order valence-corrected chi connectivity index (χ0v) is 11.1. The van der Waals surface area contributed by atoms with Gasteiger partial charge >= 0.3 is 0 Å². The monoisotopic (exact) mass is 269 g/mol. The predicted molar refractivity (Wildman–Crippen MR) is 75.1 cm³/mol. The van der Waals surface area contributed by atoms with E-state index in [1.54, 1.807) is 11.8 Å². The molecule has 0 radical (unpaired) electrons. The Labute approximate surface area is 108 Å². The number of hydrogen-bond acceptors (Lipinski definition) is 4. The van der Waals surface area contributed by atoms with E-state index in [1.165, 1.54) is 11.5 Å². The van der Waals surface area contributed by atoms with Crippen molar-refractivity contribution in [3.05, 3.63) is 34.6 Å². The number of aliphatic hydroxyl groups excluding tert-OH is 1. The lowest BCUT2D eigenvalue weighted by Gasteiger charge is -2.00. The van der Waals surface area contributed by atoms with E-state index in [4.69, 9.17) is 5.11 Å². The second kappa shape index (κ2) is 6.23. The SMILES string of the molecule is O=c1c2ccccc2sn1CCSCCCO. The van der Waals surface area contributed by atoms with Gasteiger partial charge in [-0.25, -0.2) is 0 Å². The van der Waals surface area contributed by atoms with Gasteiger partial charge in [-0.1, -0.05) is 23.7 Å². The molecule has 5 heteroatoms. The van der Waals surface area contributed by atoms with Gasteiger partial charge < -0.3 is 5.11 Å². The summed E-state index contributed by atoms with van der Waals surface area (Å²) in [6, 6.07) is 7.72. The molecule has 2 rings (SSSR count). The lowest BCUT2D eigenvalue weighted by molar-refractivity contribution is 0.296. The number of benzene rings is 1. The Morgan fingerprint density at radius 1 is 1.29 bits per heavy atom. The van der Waals surface area contributed by atoms with E-state index in [2.05, 4.69) is 0 Å². The van der Waals surface area contributed by atoms with Crippen molar-refractivity contribution >= 4 is 33.4 Å². The maximum Gasteiger partial charge on any atom is 0.268 e. The number of hydrogen-bond donors (Lipinski definition) is 1. The molecule has 1 aromatic heterocycles. The number of thioether (sulfide) groups is 1. The molecule has 0 aliphatic carbocycles. The third-order valence-corrected chi connectivity index (χ3v) is 4.61. The van der Waals surface area contributed by atoms with E-state index in [0.29, 0.717) is 0 Å². The van der Waals surface area contributed by atoms with E-state index in [1.807, 2.05) is 28.2 Å². The average molecular weight is 269 g/mol. The maximum atomic E-state index is 12.0. The lowest BCUT2D eigenvalue weighted by Crippen LogP contribution is -2.14. The van der Waals surface area contributed by atoms with Crippen LogP contribution in [0.5, 0.6) is 0 Å². The molecule has 0 spiro atoms. The number of rotatable bonds is 6. The zero-order chi connectivity index (χ0) is 12.1. The first-order valence-corrected chi connectivity index (χ1v) is 7.53. The highest BCUT2D eigenvalue weighted by molar-refractivity contribution is 7.99. The van der Waals surface area contributed by atoms with Crippen LogP contribution in [0.25, 0.3) is 10.1 Å². The molecule has 0 fully saturated rings. The molecule has 17 heavy (non-hydrogen) atoms. The highest BCUT2D eigenvalue weighted by Crippen LogP contribution is 2.16. The molecule has 0 unspecified atom stereocenters. The fourth-order valence-electron chi connectivity index (χ4n) is 1.58. The Bertz CT molecular complexity index is 533. The van der Waals surface area contributed by atoms with Crippen LogP contribution in [0.15, 0.2) is 29.1 Å². The third kappa shape index (κ3) is 3.12. The number of aliphatic hydroxyl groups is 1. The van der Waals surface area contributed by atoms with Crippen molar-refractivity contribution in [2.75, 3.05) is 18.1 Å². The Balaban J connectivity index is 1.99. The number of aromatic nitrogens is 1. The first-order valence-electron chi connectivity index (χ1n) is 5.60. The van der Waals surface area contributed by atoms with Gasteiger partial charge in [-0.3, -0.25) is 8.75 Å². The smallest absolute Gasteiger partial charge is 0.268 e. The summed E-state index contributed by atoms with van der Waals surface area (Å²) in [6.07, 6.45) is 0.825. The molecule has 1 aromatic carbocycles. The van der Waals surface area contributed by atoms with Gasteiger partial charge in [0.2, 0.25) is 0 Å². The van der Waals surface area contributed by atoms with Crippen LogP contribution < -0.4 is 5.56 Å². The van der Waals surface area contributed by atoms with E-state index < -0.39 is 0 Å². The summed E-state index contributed by atoms with van der Waals surface area (Å²) in [5, 5.41) is 9.47. The number of nitrogens with zero attached hydrogens (tertiary/aromatic N) is 1. The molecule has 2 aromatic rings. The summed E-state index contributed by atoms with van der Waals surface area (Å²) in [4.78, 5) is 12.0. The minimum atomic E-state index is 0.119. The minimum Gasteiger partial charge on any atom is -0.396 e. The third-order valence-electron chi connectivity index (χ3n) is 2.44. The van der Waals surface area contributed by atoms with Gasteiger partial charge in [0.15, 0.2) is 0 Å². The fourth-order valence-corrected chi connectivity index (χ4v) is 3.54. The number of fused-ring (bicyclic) bond motifs is 1. The summed E-state index contributed by atoms with van der Waals surface area (Å²) in [6.45, 7) is 1.00. The van der Waals surface area contributed by atoms with E-state index in [9.17, 15) is 4.79 Å². The minimum absolute atomic E-state index is 0.119. The molecule has 0 atom stereocenters. The summed E-state index contributed by atoms with van der Waals surface area (Å²) in [7, 11) is 0. The molecule has 3 nitrogen and oxygen atoms in total. The van der Waals surface area contributed by atoms with Crippen molar-refractivity contribution in [3.63, 3.8) is 0 Å². The summed E-state index contributed by atoms with van der Waals surface area (Å²) < 4.78 is 2.87. The first-order chi connectivity index (χ1) is 8.33. The molecule has 0 saturated heterocycles. The Morgan fingerprint density at radius 2 is 2.12 bits per heavy atom. The molecule has 1 heterocycles. The van der Waals surface area contributed by atoms with Gasteiger partial charge in [0.05, 0.1) is 10.1 Å². The molecule has 0 amide bonds. The van der Waals surface area contributed by atoms with Crippen molar-refractivity contribution in [2.24, 2.45) is 0 Å². The highest BCUT2D eigenvalue weighted by atomic mass is 32.2. The van der Waals surface area contributed by atoms with E-state index in [-0.39, 0.29) is 12.2 Å². The molecular formula is C12H15NO2S2.